The van der Waals surface area contributed by atoms with E-state index in [1.807, 2.05) is 0 Å². The van der Waals surface area contributed by atoms with Crippen molar-refractivity contribution in [2.24, 2.45) is 0 Å². The number of carbonyl (C=O) groups is 2. The molecule has 0 rings (SSSR count). The molecule has 0 radical (unpaired) electrons. The number of aliphatic hydroxyl groups is 3. The van der Waals surface area contributed by atoms with Crippen LogP contribution in [0.5, 0.6) is 0 Å². The monoisotopic (exact) mass is 819 g/mol. The van der Waals surface area contributed by atoms with E-state index in [-0.39, 0.29) is 62.2 Å². The van der Waals surface area contributed by atoms with Crippen molar-refractivity contribution in [3.8, 4) is 0 Å². The number of phosphoric ester groups is 1. The number of unbranched alkanes of at least 4 members (excludes halogenated alkanes) is 24. The number of rotatable bonds is 42. The summed E-state index contributed by atoms with van der Waals surface area (Å²) in [6, 6.07) is 0. The maximum absolute atomic E-state index is 12.6. The van der Waals surface area contributed by atoms with Gasteiger partial charge in [-0.3, -0.25) is 14.2 Å². The third-order valence-electron chi connectivity index (χ3n) is 9.37. The predicted octanol–water partition coefficient (Wildman–Crippen LogP) is 5.64. The standard InChI is InChI=1S/C41H81O12P.Na/c1-3-5-7-9-11-13-15-17-19-21-23-25-27-29-40(45)50-35-39(36-52-54(47,48)51-34-38(44)33-49-32-37(43)31-42)53-41(46)30-28-26-24-22-20-18-16-14-12-10-8-6-4-2;/h37-39,42-44H,3-36H2,1-2H3,(H,47,48);/q;+1/p-1/t37-,38+,39-;/m1./s1. The summed E-state index contributed by atoms with van der Waals surface area (Å²) >= 11 is 0. The molecule has 0 aliphatic carbocycles. The first-order valence-electron chi connectivity index (χ1n) is 21.6. The summed E-state index contributed by atoms with van der Waals surface area (Å²) in [4.78, 5) is 37.5. The molecule has 0 heterocycles. The molecule has 3 N–H and O–H groups in total. The van der Waals surface area contributed by atoms with Crippen molar-refractivity contribution in [2.75, 3.05) is 39.6 Å². The minimum Gasteiger partial charge on any atom is -0.756 e. The third kappa shape index (κ3) is 41.8. The Balaban J connectivity index is 0. The molecule has 0 aromatic heterocycles. The minimum atomic E-state index is -4.93. The second-order valence-electron chi connectivity index (χ2n) is 14.8. The second-order valence-corrected chi connectivity index (χ2v) is 16.3. The predicted molar refractivity (Wildman–Crippen MR) is 211 cm³/mol. The zero-order valence-electron chi connectivity index (χ0n) is 35.2. The van der Waals surface area contributed by atoms with Gasteiger partial charge in [0.2, 0.25) is 0 Å². The first-order valence-corrected chi connectivity index (χ1v) is 23.1. The summed E-state index contributed by atoms with van der Waals surface area (Å²) in [5.74, 6) is -0.981. The van der Waals surface area contributed by atoms with E-state index < -0.39 is 57.9 Å². The Labute approximate surface area is 356 Å². The maximum Gasteiger partial charge on any atom is 1.00 e. The van der Waals surface area contributed by atoms with Crippen LogP contribution in [0.2, 0.25) is 0 Å². The van der Waals surface area contributed by atoms with Crippen molar-refractivity contribution >= 4 is 19.8 Å². The Hall–Kier alpha value is -0.110. The van der Waals surface area contributed by atoms with Crippen molar-refractivity contribution in [1.82, 2.24) is 0 Å². The number of carbonyl (C=O) groups excluding carboxylic acids is 2. The first-order chi connectivity index (χ1) is 26.1. The summed E-state index contributed by atoms with van der Waals surface area (Å²) in [6.45, 7) is 1.71. The van der Waals surface area contributed by atoms with Gasteiger partial charge in [0.15, 0.2) is 6.10 Å². The topological polar surface area (TPSA) is 181 Å². The van der Waals surface area contributed by atoms with Crippen LogP contribution in [-0.2, 0) is 37.4 Å². The first kappa shape index (κ1) is 57.0. The molecule has 55 heavy (non-hydrogen) atoms. The fraction of sp³-hybridized carbons (Fsp3) is 0.951. The van der Waals surface area contributed by atoms with E-state index in [1.165, 1.54) is 116 Å². The van der Waals surface area contributed by atoms with Gasteiger partial charge in [0, 0.05) is 12.8 Å². The fourth-order valence-corrected chi connectivity index (χ4v) is 6.80. The normalized spacial score (nSPS) is 14.1. The van der Waals surface area contributed by atoms with Gasteiger partial charge in [-0.2, -0.15) is 0 Å². The molecular formula is C41H80NaO12P. The zero-order valence-corrected chi connectivity index (χ0v) is 38.1. The number of hydrogen-bond donors (Lipinski definition) is 3. The number of ether oxygens (including phenoxy) is 3. The Morgan fingerprint density at radius 1 is 0.527 bits per heavy atom. The van der Waals surface area contributed by atoms with Crippen molar-refractivity contribution in [3.05, 3.63) is 0 Å². The van der Waals surface area contributed by atoms with Gasteiger partial charge in [0.1, 0.15) is 18.8 Å². The van der Waals surface area contributed by atoms with Gasteiger partial charge < -0.3 is 43.5 Å². The largest absolute Gasteiger partial charge is 1.00 e. The Morgan fingerprint density at radius 2 is 0.891 bits per heavy atom. The number of hydrogen-bond acceptors (Lipinski definition) is 12. The molecule has 0 amide bonds. The van der Waals surface area contributed by atoms with Crippen LogP contribution in [0.4, 0.5) is 0 Å². The van der Waals surface area contributed by atoms with Gasteiger partial charge in [-0.15, -0.1) is 0 Å². The Kier molecular flexibility index (Phi) is 43.5. The van der Waals surface area contributed by atoms with Gasteiger partial charge in [-0.1, -0.05) is 168 Å². The van der Waals surface area contributed by atoms with Crippen LogP contribution in [0.3, 0.4) is 0 Å². The van der Waals surface area contributed by atoms with E-state index >= 15 is 0 Å². The molecule has 0 aliphatic heterocycles. The van der Waals surface area contributed by atoms with E-state index in [4.69, 9.17) is 28.4 Å². The third-order valence-corrected chi connectivity index (χ3v) is 10.3. The van der Waals surface area contributed by atoms with E-state index in [0.29, 0.717) is 12.8 Å². The molecule has 0 saturated carbocycles. The van der Waals surface area contributed by atoms with Gasteiger partial charge in [0.05, 0.1) is 33.0 Å². The van der Waals surface area contributed by atoms with Crippen molar-refractivity contribution in [2.45, 2.75) is 212 Å². The molecule has 322 valence electrons. The van der Waals surface area contributed by atoms with Crippen LogP contribution < -0.4 is 34.5 Å². The van der Waals surface area contributed by atoms with Crippen molar-refractivity contribution in [3.63, 3.8) is 0 Å². The van der Waals surface area contributed by atoms with E-state index in [2.05, 4.69) is 13.8 Å². The number of esters is 2. The van der Waals surface area contributed by atoms with Crippen LogP contribution in [0.25, 0.3) is 0 Å². The summed E-state index contributed by atoms with van der Waals surface area (Å²) in [5, 5.41) is 28.0. The van der Waals surface area contributed by atoms with Crippen molar-refractivity contribution in [1.29, 1.82) is 0 Å². The molecule has 0 aromatic rings. The molecule has 0 bridgehead atoms. The number of phosphoric acid groups is 1. The van der Waals surface area contributed by atoms with Crippen LogP contribution in [0.15, 0.2) is 0 Å². The molecule has 1 unspecified atom stereocenters. The molecule has 4 atom stereocenters. The Morgan fingerprint density at radius 3 is 1.31 bits per heavy atom. The van der Waals surface area contributed by atoms with Gasteiger partial charge in [0.25, 0.3) is 7.82 Å². The molecule has 14 heteroatoms. The van der Waals surface area contributed by atoms with Crippen molar-refractivity contribution < 1.29 is 87.2 Å². The van der Waals surface area contributed by atoms with Crippen LogP contribution in [0, 0.1) is 0 Å². The van der Waals surface area contributed by atoms with Gasteiger partial charge in [-0.05, 0) is 12.8 Å². The molecule has 0 spiro atoms. The summed E-state index contributed by atoms with van der Waals surface area (Å²) in [5.41, 5.74) is 0. The summed E-state index contributed by atoms with van der Waals surface area (Å²) in [7, 11) is -4.93. The molecule has 0 aromatic carbocycles. The molecule has 0 aliphatic rings. The average Bonchev–Trinajstić information content (AvgIpc) is 3.15. The van der Waals surface area contributed by atoms with E-state index in [9.17, 15) is 29.3 Å². The molecule has 12 nitrogen and oxygen atoms in total. The van der Waals surface area contributed by atoms with Crippen LogP contribution >= 0.6 is 7.82 Å². The SMILES string of the molecule is CCCCCCCCCCCCCCCC(=O)OC[C@H](COP(=O)([O-])OC[C@@H](O)COC[C@H](O)CO)OC(=O)CCCCCCCCCCCCCCC.[Na+]. The smallest absolute Gasteiger partial charge is 0.756 e. The van der Waals surface area contributed by atoms with Gasteiger partial charge in [-0.25, -0.2) is 0 Å². The molecule has 0 saturated heterocycles. The fourth-order valence-electron chi connectivity index (χ4n) is 6.02. The quantitative estimate of drug-likeness (QED) is 0.0299. The second kappa shape index (κ2) is 42.0. The van der Waals surface area contributed by atoms with Gasteiger partial charge >= 0.3 is 41.5 Å². The van der Waals surface area contributed by atoms with Crippen LogP contribution in [0.1, 0.15) is 194 Å². The summed E-state index contributed by atoms with van der Waals surface area (Å²) in [6.07, 6.45) is 27.5. The molecule has 0 fully saturated rings. The number of aliphatic hydroxyl groups excluding tert-OH is 3. The zero-order chi connectivity index (χ0) is 40.0. The molecular weight excluding hydrogens is 738 g/mol. The van der Waals surface area contributed by atoms with E-state index in [1.54, 1.807) is 0 Å². The minimum absolute atomic E-state index is 0. The van der Waals surface area contributed by atoms with E-state index in [0.717, 1.165) is 38.5 Å². The van der Waals surface area contributed by atoms with Crippen LogP contribution in [-0.4, -0.2) is 85.2 Å². The average molecular weight is 819 g/mol. The summed E-state index contributed by atoms with van der Waals surface area (Å²) < 4.78 is 37.8. The Bertz CT molecular complexity index is 899. The maximum atomic E-state index is 12.6.